The molecule has 0 spiro atoms. The lowest BCUT2D eigenvalue weighted by molar-refractivity contribution is -0.142. The van der Waals surface area contributed by atoms with Crippen molar-refractivity contribution in [1.29, 1.82) is 5.26 Å². The SMILES string of the molecule is Cc1cnc(NCCCN2CCOCC2=O)nc1C(C#N)c1ncccc1Br. The zero-order valence-electron chi connectivity index (χ0n) is 15.6. The average Bonchev–Trinajstić information content (AvgIpc) is 2.70. The summed E-state index contributed by atoms with van der Waals surface area (Å²) in [7, 11) is 0. The maximum absolute atomic E-state index is 11.7. The summed E-state index contributed by atoms with van der Waals surface area (Å²) in [5.74, 6) is -0.107. The number of nitriles is 1. The van der Waals surface area contributed by atoms with Crippen molar-refractivity contribution < 1.29 is 9.53 Å². The molecule has 0 bridgehead atoms. The van der Waals surface area contributed by atoms with Crippen LogP contribution in [0.25, 0.3) is 0 Å². The molecule has 1 aliphatic heterocycles. The van der Waals surface area contributed by atoms with Crippen LogP contribution in [0.4, 0.5) is 5.95 Å². The van der Waals surface area contributed by atoms with Gasteiger partial charge in [0.25, 0.3) is 0 Å². The molecule has 8 nitrogen and oxygen atoms in total. The molecule has 1 aliphatic rings. The fourth-order valence-electron chi connectivity index (χ4n) is 2.95. The Morgan fingerprint density at radius 1 is 1.43 bits per heavy atom. The number of carbonyl (C=O) groups is 1. The Morgan fingerprint density at radius 2 is 2.29 bits per heavy atom. The third-order valence-electron chi connectivity index (χ3n) is 4.45. The first-order valence-electron chi connectivity index (χ1n) is 9.03. The molecule has 0 radical (unpaired) electrons. The summed E-state index contributed by atoms with van der Waals surface area (Å²) in [6, 6.07) is 5.96. The van der Waals surface area contributed by atoms with Gasteiger partial charge in [-0.15, -0.1) is 0 Å². The van der Waals surface area contributed by atoms with E-state index in [2.05, 4.69) is 42.3 Å². The molecule has 9 heteroatoms. The topological polar surface area (TPSA) is 104 Å². The van der Waals surface area contributed by atoms with Gasteiger partial charge in [0.15, 0.2) is 0 Å². The molecule has 0 saturated carbocycles. The largest absolute Gasteiger partial charge is 0.370 e. The van der Waals surface area contributed by atoms with Crippen molar-refractivity contribution >= 4 is 27.8 Å². The van der Waals surface area contributed by atoms with Gasteiger partial charge in [-0.1, -0.05) is 0 Å². The zero-order valence-corrected chi connectivity index (χ0v) is 17.1. The number of morpholine rings is 1. The number of rotatable bonds is 7. The van der Waals surface area contributed by atoms with Crippen LogP contribution in [0.3, 0.4) is 0 Å². The molecule has 1 saturated heterocycles. The summed E-state index contributed by atoms with van der Waals surface area (Å²) >= 11 is 3.46. The number of nitrogens with zero attached hydrogens (tertiary/aromatic N) is 5. The van der Waals surface area contributed by atoms with Crippen LogP contribution >= 0.6 is 15.9 Å². The molecule has 146 valence electrons. The predicted molar refractivity (Wildman–Crippen MR) is 107 cm³/mol. The molecular weight excluding hydrogens is 424 g/mol. The van der Waals surface area contributed by atoms with E-state index in [0.717, 1.165) is 16.5 Å². The normalized spacial score (nSPS) is 15.2. The van der Waals surface area contributed by atoms with Gasteiger partial charge in [-0.05, 0) is 47.0 Å². The number of aromatic nitrogens is 3. The van der Waals surface area contributed by atoms with Crippen molar-refractivity contribution in [3.8, 4) is 6.07 Å². The van der Waals surface area contributed by atoms with Crippen molar-refractivity contribution in [2.24, 2.45) is 0 Å². The number of amides is 1. The fourth-order valence-corrected chi connectivity index (χ4v) is 3.44. The summed E-state index contributed by atoms with van der Waals surface area (Å²) in [5, 5.41) is 12.9. The monoisotopic (exact) mass is 444 g/mol. The number of carbonyl (C=O) groups excluding carboxylic acids is 1. The number of ether oxygens (including phenoxy) is 1. The molecule has 0 aromatic carbocycles. The average molecular weight is 445 g/mol. The molecule has 1 unspecified atom stereocenters. The van der Waals surface area contributed by atoms with E-state index in [-0.39, 0.29) is 12.5 Å². The second kappa shape index (κ2) is 9.57. The van der Waals surface area contributed by atoms with Crippen LogP contribution in [0.1, 0.15) is 29.3 Å². The highest BCUT2D eigenvalue weighted by Gasteiger charge is 2.22. The van der Waals surface area contributed by atoms with Crippen molar-refractivity contribution in [3.05, 3.63) is 46.0 Å². The van der Waals surface area contributed by atoms with Gasteiger partial charge in [-0.3, -0.25) is 9.78 Å². The molecule has 0 aliphatic carbocycles. The van der Waals surface area contributed by atoms with Crippen LogP contribution in [0, 0.1) is 18.3 Å². The highest BCUT2D eigenvalue weighted by atomic mass is 79.9. The first-order valence-corrected chi connectivity index (χ1v) is 9.82. The van der Waals surface area contributed by atoms with E-state index >= 15 is 0 Å². The van der Waals surface area contributed by atoms with E-state index in [0.29, 0.717) is 43.6 Å². The second-order valence-electron chi connectivity index (χ2n) is 6.41. The van der Waals surface area contributed by atoms with E-state index in [1.165, 1.54) is 0 Å². The van der Waals surface area contributed by atoms with E-state index < -0.39 is 5.92 Å². The van der Waals surface area contributed by atoms with Gasteiger partial charge < -0.3 is 15.0 Å². The molecule has 1 amide bonds. The van der Waals surface area contributed by atoms with Gasteiger partial charge >= 0.3 is 0 Å². The van der Waals surface area contributed by atoms with Crippen LogP contribution in [0.5, 0.6) is 0 Å². The number of anilines is 1. The lowest BCUT2D eigenvalue weighted by atomic mass is 9.99. The highest BCUT2D eigenvalue weighted by molar-refractivity contribution is 9.10. The maximum atomic E-state index is 11.7. The number of halogens is 1. The Kier molecular flexibility index (Phi) is 6.90. The van der Waals surface area contributed by atoms with Crippen LogP contribution in [0.2, 0.25) is 0 Å². The smallest absolute Gasteiger partial charge is 0.248 e. The van der Waals surface area contributed by atoms with Crippen LogP contribution in [-0.2, 0) is 9.53 Å². The van der Waals surface area contributed by atoms with Crippen LogP contribution in [0.15, 0.2) is 29.0 Å². The Morgan fingerprint density at radius 3 is 3.04 bits per heavy atom. The van der Waals surface area contributed by atoms with Crippen molar-refractivity contribution in [3.63, 3.8) is 0 Å². The number of aryl methyl sites for hydroxylation is 1. The molecule has 3 heterocycles. The standard InChI is InChI=1S/C19H21BrN6O2/c1-13-11-24-19(23-6-3-7-26-8-9-28-12-16(26)27)25-17(13)14(10-21)18-15(20)4-2-5-22-18/h2,4-5,11,14H,3,6-9,12H2,1H3,(H,23,24,25). The predicted octanol–water partition coefficient (Wildman–Crippen LogP) is 2.26. The quantitative estimate of drug-likeness (QED) is 0.652. The third-order valence-corrected chi connectivity index (χ3v) is 5.12. The molecular formula is C19H21BrN6O2. The van der Waals surface area contributed by atoms with E-state index in [1.54, 1.807) is 23.4 Å². The summed E-state index contributed by atoms with van der Waals surface area (Å²) < 4.78 is 5.90. The zero-order chi connectivity index (χ0) is 19.9. The fraction of sp³-hybridized carbons (Fsp3) is 0.421. The minimum Gasteiger partial charge on any atom is -0.370 e. The molecule has 3 rings (SSSR count). The van der Waals surface area contributed by atoms with Crippen LogP contribution < -0.4 is 5.32 Å². The Balaban J connectivity index is 1.65. The van der Waals surface area contributed by atoms with E-state index in [9.17, 15) is 10.1 Å². The lowest BCUT2D eigenvalue weighted by Crippen LogP contribution is -2.42. The van der Waals surface area contributed by atoms with E-state index in [4.69, 9.17) is 4.74 Å². The molecule has 2 aromatic heterocycles. The van der Waals surface area contributed by atoms with Gasteiger partial charge in [0, 0.05) is 36.5 Å². The molecule has 1 fully saturated rings. The van der Waals surface area contributed by atoms with Gasteiger partial charge in [-0.2, -0.15) is 5.26 Å². The summed E-state index contributed by atoms with van der Waals surface area (Å²) in [4.78, 5) is 26.7. The number of hydrogen-bond donors (Lipinski definition) is 1. The summed E-state index contributed by atoms with van der Waals surface area (Å²) in [5.41, 5.74) is 2.08. The first-order chi connectivity index (χ1) is 13.6. The van der Waals surface area contributed by atoms with Crippen molar-refractivity contribution in [2.75, 3.05) is 38.2 Å². The Bertz CT molecular complexity index is 885. The molecule has 2 aromatic rings. The summed E-state index contributed by atoms with van der Waals surface area (Å²) in [6.45, 7) is 4.54. The van der Waals surface area contributed by atoms with Crippen molar-refractivity contribution in [1.82, 2.24) is 19.9 Å². The Labute approximate surface area is 172 Å². The molecule has 28 heavy (non-hydrogen) atoms. The van der Waals surface area contributed by atoms with Gasteiger partial charge in [-0.25, -0.2) is 9.97 Å². The van der Waals surface area contributed by atoms with Gasteiger partial charge in [0.1, 0.15) is 12.5 Å². The lowest BCUT2D eigenvalue weighted by Gasteiger charge is -2.26. The highest BCUT2D eigenvalue weighted by Crippen LogP contribution is 2.29. The van der Waals surface area contributed by atoms with Gasteiger partial charge in [0.05, 0.1) is 24.1 Å². The number of hydrogen-bond acceptors (Lipinski definition) is 7. The second-order valence-corrected chi connectivity index (χ2v) is 7.26. The third kappa shape index (κ3) is 4.82. The van der Waals surface area contributed by atoms with Gasteiger partial charge in [0.2, 0.25) is 11.9 Å². The molecule has 1 N–H and O–H groups in total. The summed E-state index contributed by atoms with van der Waals surface area (Å²) in [6.07, 6.45) is 4.14. The minimum atomic E-state index is -0.593. The number of nitrogens with one attached hydrogen (secondary N) is 1. The molecule has 1 atom stereocenters. The van der Waals surface area contributed by atoms with Crippen molar-refractivity contribution in [2.45, 2.75) is 19.3 Å². The van der Waals surface area contributed by atoms with E-state index in [1.807, 2.05) is 13.0 Å². The Hall–Kier alpha value is -2.57. The minimum absolute atomic E-state index is 0.0259. The maximum Gasteiger partial charge on any atom is 0.248 e. The number of pyridine rings is 1. The van der Waals surface area contributed by atoms with Crippen LogP contribution in [-0.4, -0.2) is 58.6 Å². The first kappa shape index (κ1) is 20.2.